The maximum Gasteiger partial charge on any atom is 0.123 e. The second kappa shape index (κ2) is 4.45. The van der Waals surface area contributed by atoms with E-state index in [2.05, 4.69) is 70.8 Å². The molecule has 4 heteroatoms. The lowest BCUT2D eigenvalue weighted by atomic mass is 9.96. The molecule has 0 N–H and O–H groups in total. The van der Waals surface area contributed by atoms with E-state index in [0.29, 0.717) is 0 Å². The number of anilines is 1. The molecule has 3 aromatic rings. The summed E-state index contributed by atoms with van der Waals surface area (Å²) in [5.41, 5.74) is 6.87. The lowest BCUT2D eigenvalue weighted by Gasteiger charge is -2.26. The number of nitrogens with zero attached hydrogens (tertiary/aromatic N) is 4. The zero-order chi connectivity index (χ0) is 14.4. The van der Waals surface area contributed by atoms with Crippen LogP contribution < -0.4 is 4.90 Å². The maximum absolute atomic E-state index is 4.42. The van der Waals surface area contributed by atoms with E-state index in [4.69, 9.17) is 0 Å². The molecule has 1 aliphatic heterocycles. The summed E-state index contributed by atoms with van der Waals surface area (Å²) in [5, 5.41) is 8.67. The van der Waals surface area contributed by atoms with Crippen LogP contribution in [0.1, 0.15) is 5.56 Å². The summed E-state index contributed by atoms with van der Waals surface area (Å²) >= 11 is 0. The Morgan fingerprint density at radius 3 is 2.48 bits per heavy atom. The van der Waals surface area contributed by atoms with Crippen LogP contribution in [0.2, 0.25) is 0 Å². The van der Waals surface area contributed by atoms with Gasteiger partial charge in [-0.2, -0.15) is 0 Å². The van der Waals surface area contributed by atoms with E-state index in [0.717, 1.165) is 23.5 Å². The highest BCUT2D eigenvalue weighted by molar-refractivity contribution is 5.87. The van der Waals surface area contributed by atoms with E-state index in [-0.39, 0.29) is 0 Å². The Morgan fingerprint density at radius 1 is 0.905 bits per heavy atom. The van der Waals surface area contributed by atoms with Crippen molar-refractivity contribution in [2.45, 2.75) is 6.54 Å². The minimum atomic E-state index is 0.873. The summed E-state index contributed by atoms with van der Waals surface area (Å²) in [7, 11) is 4.08. The van der Waals surface area contributed by atoms with Crippen molar-refractivity contribution < 1.29 is 0 Å². The molecule has 0 fully saturated rings. The molecular formula is C17H16N4. The molecule has 0 radical (unpaired) electrons. The fourth-order valence-corrected chi connectivity index (χ4v) is 3.08. The molecule has 0 spiro atoms. The summed E-state index contributed by atoms with van der Waals surface area (Å²) in [6.07, 6.45) is 0. The van der Waals surface area contributed by atoms with E-state index in [1.54, 1.807) is 0 Å². The van der Waals surface area contributed by atoms with Gasteiger partial charge < -0.3 is 4.90 Å². The third-order valence-corrected chi connectivity index (χ3v) is 4.08. The molecule has 21 heavy (non-hydrogen) atoms. The number of aromatic nitrogens is 3. The summed E-state index contributed by atoms with van der Waals surface area (Å²) < 4.78 is 1.87. The van der Waals surface area contributed by atoms with Gasteiger partial charge in [-0.1, -0.05) is 47.7 Å². The second-order valence-corrected chi connectivity index (χ2v) is 5.44. The third-order valence-electron chi connectivity index (χ3n) is 4.08. The summed E-state index contributed by atoms with van der Waals surface area (Å²) in [6, 6.07) is 16.9. The van der Waals surface area contributed by atoms with Gasteiger partial charge in [0.2, 0.25) is 0 Å². The molecule has 0 unspecified atom stereocenters. The minimum absolute atomic E-state index is 0.873. The average Bonchev–Trinajstić information content (AvgIpc) is 2.88. The van der Waals surface area contributed by atoms with Gasteiger partial charge in [0, 0.05) is 37.5 Å². The van der Waals surface area contributed by atoms with Crippen LogP contribution in [0.5, 0.6) is 0 Å². The SMILES string of the molecule is CN1Cc2ccccc2-c2c(nnn2C)-c2ccccc21. The van der Waals surface area contributed by atoms with Crippen LogP contribution in [0.15, 0.2) is 48.5 Å². The first-order chi connectivity index (χ1) is 10.3. The van der Waals surface area contributed by atoms with Crippen LogP contribution in [-0.4, -0.2) is 22.0 Å². The molecule has 1 aliphatic rings. The Kier molecular flexibility index (Phi) is 2.57. The molecule has 0 saturated carbocycles. The van der Waals surface area contributed by atoms with Crippen molar-refractivity contribution in [3.8, 4) is 22.5 Å². The van der Waals surface area contributed by atoms with Crippen molar-refractivity contribution in [3.63, 3.8) is 0 Å². The normalized spacial score (nSPS) is 13.0. The molecular weight excluding hydrogens is 260 g/mol. The maximum atomic E-state index is 4.42. The second-order valence-electron chi connectivity index (χ2n) is 5.44. The van der Waals surface area contributed by atoms with Gasteiger partial charge in [-0.25, -0.2) is 4.68 Å². The van der Waals surface area contributed by atoms with Crippen molar-refractivity contribution in [2.75, 3.05) is 11.9 Å². The molecule has 2 aromatic carbocycles. The largest absolute Gasteiger partial charge is 0.370 e. The van der Waals surface area contributed by atoms with Crippen LogP contribution in [-0.2, 0) is 13.6 Å². The topological polar surface area (TPSA) is 34.0 Å². The lowest BCUT2D eigenvalue weighted by molar-refractivity contribution is 0.720. The van der Waals surface area contributed by atoms with Crippen molar-refractivity contribution >= 4 is 5.69 Å². The van der Waals surface area contributed by atoms with E-state index in [1.807, 2.05) is 11.7 Å². The number of hydrogen-bond acceptors (Lipinski definition) is 3. The van der Waals surface area contributed by atoms with Gasteiger partial charge >= 0.3 is 0 Å². The van der Waals surface area contributed by atoms with E-state index < -0.39 is 0 Å². The van der Waals surface area contributed by atoms with Crippen LogP contribution in [0.25, 0.3) is 22.5 Å². The van der Waals surface area contributed by atoms with E-state index in [9.17, 15) is 0 Å². The monoisotopic (exact) mass is 276 g/mol. The number of rotatable bonds is 0. The molecule has 0 amide bonds. The zero-order valence-corrected chi connectivity index (χ0v) is 12.1. The molecule has 4 nitrogen and oxygen atoms in total. The first kappa shape index (κ1) is 12.1. The predicted molar refractivity (Wildman–Crippen MR) is 84.0 cm³/mol. The Morgan fingerprint density at radius 2 is 1.62 bits per heavy atom. The standard InChI is InChI=1S/C17H16N4/c1-20-11-12-7-3-4-8-13(12)17-16(18-19-21(17)2)14-9-5-6-10-15(14)20/h3-10H,11H2,1-2H3. The van der Waals surface area contributed by atoms with Gasteiger partial charge in [-0.05, 0) is 11.6 Å². The Balaban J connectivity index is 2.11. The van der Waals surface area contributed by atoms with Gasteiger partial charge in [0.15, 0.2) is 0 Å². The van der Waals surface area contributed by atoms with Crippen LogP contribution >= 0.6 is 0 Å². The summed E-state index contributed by atoms with van der Waals surface area (Å²) in [5.74, 6) is 0. The van der Waals surface area contributed by atoms with Gasteiger partial charge in [0.05, 0.1) is 5.69 Å². The third kappa shape index (κ3) is 1.76. The molecule has 0 bridgehead atoms. The van der Waals surface area contributed by atoms with Crippen molar-refractivity contribution in [1.29, 1.82) is 0 Å². The van der Waals surface area contributed by atoms with Gasteiger partial charge in [0.25, 0.3) is 0 Å². The minimum Gasteiger partial charge on any atom is -0.370 e. The van der Waals surface area contributed by atoms with Crippen LogP contribution in [0.4, 0.5) is 5.69 Å². The fourth-order valence-electron chi connectivity index (χ4n) is 3.08. The van der Waals surface area contributed by atoms with Crippen LogP contribution in [0, 0.1) is 0 Å². The predicted octanol–water partition coefficient (Wildman–Crippen LogP) is 3.10. The fraction of sp³-hybridized carbons (Fsp3) is 0.176. The lowest BCUT2D eigenvalue weighted by Crippen LogP contribution is -2.19. The Hall–Kier alpha value is -2.62. The molecule has 104 valence electrons. The number of para-hydroxylation sites is 1. The first-order valence-electron chi connectivity index (χ1n) is 7.04. The number of fused-ring (bicyclic) bond motifs is 5. The van der Waals surface area contributed by atoms with Crippen LogP contribution in [0.3, 0.4) is 0 Å². The van der Waals surface area contributed by atoms with Gasteiger partial charge in [0.1, 0.15) is 5.69 Å². The quantitative estimate of drug-likeness (QED) is 0.632. The van der Waals surface area contributed by atoms with E-state index >= 15 is 0 Å². The summed E-state index contributed by atoms with van der Waals surface area (Å²) in [6.45, 7) is 0.873. The highest BCUT2D eigenvalue weighted by Gasteiger charge is 2.23. The molecule has 2 heterocycles. The smallest absolute Gasteiger partial charge is 0.123 e. The number of benzene rings is 2. The zero-order valence-electron chi connectivity index (χ0n) is 12.1. The van der Waals surface area contributed by atoms with E-state index in [1.165, 1.54) is 16.8 Å². The van der Waals surface area contributed by atoms with Gasteiger partial charge in [-0.3, -0.25) is 0 Å². The molecule has 0 aliphatic carbocycles. The molecule has 4 rings (SSSR count). The molecule has 1 aromatic heterocycles. The Bertz CT molecular complexity index is 819. The summed E-state index contributed by atoms with van der Waals surface area (Å²) in [4.78, 5) is 2.27. The number of hydrogen-bond donors (Lipinski definition) is 0. The first-order valence-corrected chi connectivity index (χ1v) is 7.04. The Labute approximate surface area is 123 Å². The number of aryl methyl sites for hydroxylation is 1. The molecule has 0 atom stereocenters. The van der Waals surface area contributed by atoms with Crippen molar-refractivity contribution in [1.82, 2.24) is 15.0 Å². The average molecular weight is 276 g/mol. The van der Waals surface area contributed by atoms with Gasteiger partial charge in [-0.15, -0.1) is 5.10 Å². The van der Waals surface area contributed by atoms with Crippen molar-refractivity contribution in [3.05, 3.63) is 54.1 Å². The highest BCUT2D eigenvalue weighted by Crippen LogP contribution is 2.39. The van der Waals surface area contributed by atoms with Crippen molar-refractivity contribution in [2.24, 2.45) is 7.05 Å². The highest BCUT2D eigenvalue weighted by atomic mass is 15.4. The molecule has 0 saturated heterocycles.